The maximum absolute atomic E-state index is 6.27. The Balaban J connectivity index is 2.48. The van der Waals surface area contributed by atoms with Gasteiger partial charge in [0.1, 0.15) is 0 Å². The first-order valence-electron chi connectivity index (χ1n) is 8.66. The van der Waals surface area contributed by atoms with E-state index in [1.807, 2.05) is 0 Å². The molecule has 0 bridgehead atoms. The van der Waals surface area contributed by atoms with Crippen molar-refractivity contribution in [3.63, 3.8) is 0 Å². The Kier molecular flexibility index (Phi) is 7.57. The molecular formula is C20H34OSi. The van der Waals surface area contributed by atoms with E-state index in [9.17, 15) is 0 Å². The van der Waals surface area contributed by atoms with E-state index < -0.39 is 8.32 Å². The SMILES string of the molecule is CCCCC/C=C/c1ccc(CO[Si](C)(C)C(C)(C)C)cc1. The van der Waals surface area contributed by atoms with Crippen molar-refractivity contribution in [3.8, 4) is 0 Å². The van der Waals surface area contributed by atoms with Crippen molar-refractivity contribution in [2.75, 3.05) is 0 Å². The molecule has 1 nitrogen and oxygen atoms in total. The topological polar surface area (TPSA) is 9.23 Å². The standard InChI is InChI=1S/C20H34OSi/c1-7-8-9-10-11-12-18-13-15-19(16-14-18)17-21-22(5,6)20(2,3)4/h11-16H,7-10,17H2,1-6H3/b12-11+. The van der Waals surface area contributed by atoms with E-state index in [0.29, 0.717) is 0 Å². The quantitative estimate of drug-likeness (QED) is 0.378. The highest BCUT2D eigenvalue weighted by atomic mass is 28.4. The third-order valence-corrected chi connectivity index (χ3v) is 9.15. The third kappa shape index (κ3) is 6.49. The molecular weight excluding hydrogens is 284 g/mol. The van der Waals surface area contributed by atoms with Gasteiger partial charge in [0.25, 0.3) is 0 Å². The van der Waals surface area contributed by atoms with Crippen LogP contribution in [0.1, 0.15) is 64.5 Å². The second kappa shape index (κ2) is 8.69. The minimum Gasteiger partial charge on any atom is -0.413 e. The van der Waals surface area contributed by atoms with Gasteiger partial charge in [-0.25, -0.2) is 0 Å². The van der Waals surface area contributed by atoms with Gasteiger partial charge >= 0.3 is 0 Å². The van der Waals surface area contributed by atoms with Crippen LogP contribution in [0, 0.1) is 0 Å². The van der Waals surface area contributed by atoms with Crippen LogP contribution >= 0.6 is 0 Å². The van der Waals surface area contributed by atoms with Crippen molar-refractivity contribution >= 4 is 14.4 Å². The molecule has 1 aromatic carbocycles. The van der Waals surface area contributed by atoms with E-state index in [0.717, 1.165) is 6.61 Å². The summed E-state index contributed by atoms with van der Waals surface area (Å²) in [7, 11) is -1.65. The van der Waals surface area contributed by atoms with E-state index in [2.05, 4.69) is 77.2 Å². The molecule has 1 aromatic rings. The molecule has 0 amide bonds. The van der Waals surface area contributed by atoms with E-state index in [1.54, 1.807) is 0 Å². The molecule has 0 aromatic heterocycles. The van der Waals surface area contributed by atoms with Crippen LogP contribution in [0.2, 0.25) is 18.1 Å². The predicted molar refractivity (Wildman–Crippen MR) is 102 cm³/mol. The highest BCUT2D eigenvalue weighted by molar-refractivity contribution is 6.74. The Morgan fingerprint density at radius 2 is 1.68 bits per heavy atom. The van der Waals surface area contributed by atoms with Crippen molar-refractivity contribution in [2.24, 2.45) is 0 Å². The molecule has 0 spiro atoms. The van der Waals surface area contributed by atoms with Gasteiger partial charge in [0.15, 0.2) is 8.32 Å². The largest absolute Gasteiger partial charge is 0.413 e. The zero-order chi connectivity index (χ0) is 16.6. The molecule has 124 valence electrons. The Hall–Kier alpha value is -0.863. The van der Waals surface area contributed by atoms with Crippen LogP contribution in [0.5, 0.6) is 0 Å². The van der Waals surface area contributed by atoms with Crippen molar-refractivity contribution < 1.29 is 4.43 Å². The molecule has 0 fully saturated rings. The predicted octanol–water partition coefficient (Wildman–Crippen LogP) is 6.80. The van der Waals surface area contributed by atoms with Crippen LogP contribution in [0.15, 0.2) is 30.3 Å². The smallest absolute Gasteiger partial charge is 0.192 e. The summed E-state index contributed by atoms with van der Waals surface area (Å²) in [5.74, 6) is 0. The van der Waals surface area contributed by atoms with E-state index in [4.69, 9.17) is 4.43 Å². The average Bonchev–Trinajstić information content (AvgIpc) is 2.45. The van der Waals surface area contributed by atoms with Gasteiger partial charge < -0.3 is 4.43 Å². The Morgan fingerprint density at radius 3 is 2.23 bits per heavy atom. The number of unbranched alkanes of at least 4 members (excludes halogenated alkanes) is 3. The van der Waals surface area contributed by atoms with Crippen LogP contribution in [0.4, 0.5) is 0 Å². The Labute approximate surface area is 138 Å². The lowest BCUT2D eigenvalue weighted by molar-refractivity contribution is 0.276. The fourth-order valence-corrected chi connectivity index (χ4v) is 2.90. The molecule has 0 heterocycles. The molecule has 0 N–H and O–H groups in total. The summed E-state index contributed by atoms with van der Waals surface area (Å²) in [6.45, 7) is 14.4. The van der Waals surface area contributed by atoms with Crippen LogP contribution < -0.4 is 0 Å². The lowest BCUT2D eigenvalue weighted by atomic mass is 10.1. The molecule has 1 rings (SSSR count). The van der Waals surface area contributed by atoms with Gasteiger partial charge in [-0.05, 0) is 42.1 Å². The normalized spacial score (nSPS) is 13.0. The molecule has 0 aliphatic carbocycles. The summed E-state index contributed by atoms with van der Waals surface area (Å²) in [6, 6.07) is 8.78. The summed E-state index contributed by atoms with van der Waals surface area (Å²) in [4.78, 5) is 0. The first kappa shape index (κ1) is 19.2. The molecule has 0 saturated heterocycles. The summed E-state index contributed by atoms with van der Waals surface area (Å²) >= 11 is 0. The van der Waals surface area contributed by atoms with Crippen LogP contribution in [-0.4, -0.2) is 8.32 Å². The third-order valence-electron chi connectivity index (χ3n) is 4.67. The van der Waals surface area contributed by atoms with Crippen molar-refractivity contribution in [3.05, 3.63) is 41.5 Å². The molecule has 0 saturated carbocycles. The molecule has 22 heavy (non-hydrogen) atoms. The van der Waals surface area contributed by atoms with Gasteiger partial charge in [0.05, 0.1) is 6.61 Å². The van der Waals surface area contributed by atoms with Crippen molar-refractivity contribution in [1.82, 2.24) is 0 Å². The first-order chi connectivity index (χ1) is 10.3. The highest BCUT2D eigenvalue weighted by Gasteiger charge is 2.36. The van der Waals surface area contributed by atoms with Gasteiger partial charge in [-0.3, -0.25) is 0 Å². The minimum absolute atomic E-state index is 0.272. The molecule has 0 atom stereocenters. The summed E-state index contributed by atoms with van der Waals surface area (Å²) in [5.41, 5.74) is 2.56. The van der Waals surface area contributed by atoms with Crippen LogP contribution in [0.25, 0.3) is 6.08 Å². The minimum atomic E-state index is -1.65. The lowest BCUT2D eigenvalue weighted by Crippen LogP contribution is -2.40. The van der Waals surface area contributed by atoms with E-state index >= 15 is 0 Å². The molecule has 0 aliphatic heterocycles. The molecule has 0 radical (unpaired) electrons. The second-order valence-electron chi connectivity index (χ2n) is 7.69. The summed E-state index contributed by atoms with van der Waals surface area (Å²) in [6.07, 6.45) is 9.62. The van der Waals surface area contributed by atoms with Gasteiger partial charge in [-0.15, -0.1) is 0 Å². The number of hydrogen-bond donors (Lipinski definition) is 0. The summed E-state index contributed by atoms with van der Waals surface area (Å²) in [5, 5.41) is 0.272. The van der Waals surface area contributed by atoms with Crippen LogP contribution in [-0.2, 0) is 11.0 Å². The van der Waals surface area contributed by atoms with Gasteiger partial charge in [0.2, 0.25) is 0 Å². The molecule has 2 heteroatoms. The fraction of sp³-hybridized carbons (Fsp3) is 0.600. The Bertz CT molecular complexity index is 452. The van der Waals surface area contributed by atoms with E-state index in [1.165, 1.54) is 36.8 Å². The fourth-order valence-electron chi connectivity index (χ4n) is 1.94. The average molecular weight is 319 g/mol. The summed E-state index contributed by atoms with van der Waals surface area (Å²) < 4.78 is 6.27. The second-order valence-corrected chi connectivity index (χ2v) is 12.5. The number of allylic oxidation sites excluding steroid dienone is 1. The maximum atomic E-state index is 6.27. The number of hydrogen-bond acceptors (Lipinski definition) is 1. The van der Waals surface area contributed by atoms with Gasteiger partial charge in [0, 0.05) is 0 Å². The molecule has 0 aliphatic rings. The Morgan fingerprint density at radius 1 is 1.05 bits per heavy atom. The van der Waals surface area contributed by atoms with Crippen molar-refractivity contribution in [2.45, 2.75) is 78.1 Å². The van der Waals surface area contributed by atoms with Gasteiger partial charge in [-0.1, -0.05) is 77.0 Å². The van der Waals surface area contributed by atoms with Gasteiger partial charge in [-0.2, -0.15) is 0 Å². The monoisotopic (exact) mass is 318 g/mol. The maximum Gasteiger partial charge on any atom is 0.192 e. The zero-order valence-electron chi connectivity index (χ0n) is 15.4. The zero-order valence-corrected chi connectivity index (χ0v) is 16.4. The molecule has 0 unspecified atom stereocenters. The van der Waals surface area contributed by atoms with E-state index in [-0.39, 0.29) is 5.04 Å². The number of benzene rings is 1. The van der Waals surface area contributed by atoms with Crippen LogP contribution in [0.3, 0.4) is 0 Å². The van der Waals surface area contributed by atoms with Crippen molar-refractivity contribution in [1.29, 1.82) is 0 Å². The lowest BCUT2D eigenvalue weighted by Gasteiger charge is -2.36. The first-order valence-corrected chi connectivity index (χ1v) is 11.6. The highest BCUT2D eigenvalue weighted by Crippen LogP contribution is 2.37. The number of rotatable bonds is 8.